The maximum atomic E-state index is 4.08. The Labute approximate surface area is 179 Å². The van der Waals surface area contributed by atoms with Crippen LogP contribution in [0.2, 0.25) is 0 Å². The zero-order valence-electron chi connectivity index (χ0n) is 20.4. The molecule has 0 aromatic carbocycles. The third-order valence-electron chi connectivity index (χ3n) is 6.24. The first-order chi connectivity index (χ1) is 13.2. The minimum atomic E-state index is 0.710. The Balaban J connectivity index is 0. The van der Waals surface area contributed by atoms with Crippen LogP contribution in [-0.4, -0.2) is 0 Å². The first-order valence-corrected chi connectivity index (χ1v) is 11.8. The first kappa shape index (κ1) is 29.2. The number of allylic oxidation sites excluding steroid dienone is 4. The lowest BCUT2D eigenvalue weighted by molar-refractivity contribution is 0.422. The summed E-state index contributed by atoms with van der Waals surface area (Å²) in [5.74, 6) is 3.14. The van der Waals surface area contributed by atoms with Crippen molar-refractivity contribution in [1.82, 2.24) is 0 Å². The Morgan fingerprint density at radius 2 is 0.964 bits per heavy atom. The highest BCUT2D eigenvalue weighted by Gasteiger charge is 2.11. The van der Waals surface area contributed by atoms with Gasteiger partial charge in [0.05, 0.1) is 0 Å². The van der Waals surface area contributed by atoms with Crippen molar-refractivity contribution in [2.24, 2.45) is 23.7 Å². The lowest BCUT2D eigenvalue weighted by Crippen LogP contribution is -2.04. The molecule has 0 aliphatic rings. The van der Waals surface area contributed by atoms with Gasteiger partial charge in [-0.1, -0.05) is 89.8 Å². The highest BCUT2D eigenvalue weighted by Crippen LogP contribution is 2.25. The third kappa shape index (κ3) is 17.1. The van der Waals surface area contributed by atoms with Crippen LogP contribution in [0.1, 0.15) is 106 Å². The average Bonchev–Trinajstić information content (AvgIpc) is 2.67. The van der Waals surface area contributed by atoms with E-state index in [4.69, 9.17) is 0 Å². The normalized spacial score (nSPS) is 14.8. The smallest absolute Gasteiger partial charge is 0.0206 e. The molecule has 0 amide bonds. The molecule has 0 bridgehead atoms. The molecule has 0 fully saturated rings. The van der Waals surface area contributed by atoms with E-state index >= 15 is 0 Å². The van der Waals surface area contributed by atoms with Crippen LogP contribution in [-0.2, 0) is 0 Å². The van der Waals surface area contributed by atoms with Crippen LogP contribution in [0.4, 0.5) is 0 Å². The van der Waals surface area contributed by atoms with E-state index in [1.807, 2.05) is 12.2 Å². The van der Waals surface area contributed by atoms with E-state index in [1.54, 1.807) is 0 Å². The zero-order valence-corrected chi connectivity index (χ0v) is 20.4. The van der Waals surface area contributed by atoms with Crippen molar-refractivity contribution in [3.8, 4) is 0 Å². The van der Waals surface area contributed by atoms with E-state index in [2.05, 4.69) is 67.9 Å². The Morgan fingerprint density at radius 1 is 0.643 bits per heavy atom. The Morgan fingerprint density at radius 3 is 1.18 bits per heavy atom. The number of hydrogen-bond donors (Lipinski definition) is 0. The van der Waals surface area contributed by atoms with Gasteiger partial charge in [-0.25, -0.2) is 0 Å². The van der Waals surface area contributed by atoms with Crippen LogP contribution in [0.15, 0.2) is 49.6 Å². The molecule has 0 N–H and O–H groups in total. The van der Waals surface area contributed by atoms with Crippen LogP contribution in [0, 0.1) is 23.7 Å². The largest absolute Gasteiger partial charge is 0.103 e. The van der Waals surface area contributed by atoms with Crippen molar-refractivity contribution in [2.75, 3.05) is 0 Å². The summed E-state index contributed by atoms with van der Waals surface area (Å²) in [5, 5.41) is 0. The van der Waals surface area contributed by atoms with Gasteiger partial charge in [0.15, 0.2) is 0 Å². The molecule has 0 aromatic rings. The van der Waals surface area contributed by atoms with Crippen molar-refractivity contribution in [3.05, 3.63) is 49.6 Å². The topological polar surface area (TPSA) is 0 Å². The summed E-state index contributed by atoms with van der Waals surface area (Å²) in [6.45, 7) is 29.2. The molecule has 28 heavy (non-hydrogen) atoms. The molecule has 0 spiro atoms. The van der Waals surface area contributed by atoms with Gasteiger partial charge in [0, 0.05) is 0 Å². The molecule has 0 aliphatic heterocycles. The molecule has 0 radical (unpaired) electrons. The van der Waals surface area contributed by atoms with Crippen molar-refractivity contribution < 1.29 is 0 Å². The first-order valence-electron chi connectivity index (χ1n) is 11.8. The van der Waals surface area contributed by atoms with Crippen molar-refractivity contribution in [2.45, 2.75) is 106 Å². The molecule has 0 aliphatic carbocycles. The van der Waals surface area contributed by atoms with Crippen LogP contribution in [0.25, 0.3) is 0 Å². The maximum Gasteiger partial charge on any atom is -0.0206 e. The Hall–Kier alpha value is -1.04. The van der Waals surface area contributed by atoms with Crippen LogP contribution < -0.4 is 0 Å². The fourth-order valence-electron chi connectivity index (χ4n) is 3.29. The molecule has 0 heterocycles. The molecule has 0 aromatic heterocycles. The summed E-state index contributed by atoms with van der Waals surface area (Å²) < 4.78 is 0. The molecule has 4 unspecified atom stereocenters. The van der Waals surface area contributed by atoms with Gasteiger partial charge in [0.1, 0.15) is 0 Å². The second kappa shape index (κ2) is 19.3. The molecule has 4 atom stereocenters. The summed E-state index contributed by atoms with van der Waals surface area (Å²) in [5.41, 5.74) is 2.69. The van der Waals surface area contributed by atoms with E-state index in [9.17, 15) is 0 Å². The summed E-state index contributed by atoms with van der Waals surface area (Å²) in [7, 11) is 0. The standard InChI is InChI=1S/2C14H26/c2*1-6-8-9-14(12(3)4)11-10-13(5)7-2/h2*6,13-14H,1,3,7-11H2,2,4-5H3. The van der Waals surface area contributed by atoms with E-state index in [0.717, 1.165) is 24.7 Å². The van der Waals surface area contributed by atoms with E-state index < -0.39 is 0 Å². The summed E-state index contributed by atoms with van der Waals surface area (Å²) in [6.07, 6.45) is 16.6. The predicted molar refractivity (Wildman–Crippen MR) is 133 cm³/mol. The van der Waals surface area contributed by atoms with Crippen LogP contribution in [0.3, 0.4) is 0 Å². The average molecular weight is 389 g/mol. The lowest BCUT2D eigenvalue weighted by Gasteiger charge is -2.18. The van der Waals surface area contributed by atoms with Crippen molar-refractivity contribution in [1.29, 1.82) is 0 Å². The molecule has 164 valence electrons. The number of rotatable bonds is 16. The van der Waals surface area contributed by atoms with Gasteiger partial charge < -0.3 is 0 Å². The second-order valence-electron chi connectivity index (χ2n) is 9.00. The summed E-state index contributed by atoms with van der Waals surface area (Å²) >= 11 is 0. The van der Waals surface area contributed by atoms with Gasteiger partial charge in [-0.3, -0.25) is 0 Å². The van der Waals surface area contributed by atoms with Gasteiger partial charge in [-0.15, -0.1) is 13.2 Å². The Bertz CT molecular complexity index is 374. The highest BCUT2D eigenvalue weighted by molar-refractivity contribution is 4.97. The van der Waals surface area contributed by atoms with Gasteiger partial charge in [-0.2, -0.15) is 0 Å². The summed E-state index contributed by atoms with van der Waals surface area (Å²) in [4.78, 5) is 0. The molecule has 0 heteroatoms. The zero-order chi connectivity index (χ0) is 21.9. The molecular formula is C28H52. The quantitative estimate of drug-likeness (QED) is 0.231. The monoisotopic (exact) mass is 388 g/mol. The van der Waals surface area contributed by atoms with Gasteiger partial charge in [0.25, 0.3) is 0 Å². The molecule has 0 saturated heterocycles. The number of hydrogen-bond acceptors (Lipinski definition) is 0. The molecule has 0 nitrogen and oxygen atoms in total. The van der Waals surface area contributed by atoms with Gasteiger partial charge in [-0.05, 0) is 76.0 Å². The minimum absolute atomic E-state index is 0.710. The van der Waals surface area contributed by atoms with Crippen LogP contribution in [0.5, 0.6) is 0 Å². The third-order valence-corrected chi connectivity index (χ3v) is 6.24. The van der Waals surface area contributed by atoms with E-state index in [0.29, 0.717) is 11.8 Å². The fraction of sp³-hybridized carbons (Fsp3) is 0.714. The van der Waals surface area contributed by atoms with E-state index in [1.165, 1.54) is 62.5 Å². The maximum absolute atomic E-state index is 4.08. The SMILES string of the molecule is C=CCCC(CCC(C)CC)C(=C)C.C=CCCC(CCC(C)CC)C(=C)C. The van der Waals surface area contributed by atoms with Crippen molar-refractivity contribution in [3.63, 3.8) is 0 Å². The van der Waals surface area contributed by atoms with Crippen molar-refractivity contribution >= 4 is 0 Å². The summed E-state index contributed by atoms with van der Waals surface area (Å²) in [6, 6.07) is 0. The predicted octanol–water partition coefficient (Wildman–Crippen LogP) is 9.94. The molecule has 0 rings (SSSR count). The second-order valence-corrected chi connectivity index (χ2v) is 9.00. The van der Waals surface area contributed by atoms with Gasteiger partial charge in [0.2, 0.25) is 0 Å². The molecular weight excluding hydrogens is 336 g/mol. The molecule has 0 saturated carbocycles. The Kier molecular flexibility index (Phi) is 20.1. The highest BCUT2D eigenvalue weighted by atomic mass is 14.2. The van der Waals surface area contributed by atoms with E-state index in [-0.39, 0.29) is 0 Å². The van der Waals surface area contributed by atoms with Crippen LogP contribution >= 0.6 is 0 Å². The minimum Gasteiger partial charge on any atom is -0.103 e. The van der Waals surface area contributed by atoms with Gasteiger partial charge >= 0.3 is 0 Å². The fourth-order valence-corrected chi connectivity index (χ4v) is 3.29. The lowest BCUT2D eigenvalue weighted by atomic mass is 9.88.